The molecule has 2 saturated heterocycles. The summed E-state index contributed by atoms with van der Waals surface area (Å²) in [4.78, 5) is 42.8. The summed E-state index contributed by atoms with van der Waals surface area (Å²) in [6.45, 7) is 5.77. The van der Waals surface area contributed by atoms with Gasteiger partial charge in [0.15, 0.2) is 0 Å². The second-order valence-corrected chi connectivity index (χ2v) is 8.16. The van der Waals surface area contributed by atoms with Crippen molar-refractivity contribution in [1.29, 1.82) is 0 Å². The number of aliphatic hydroxyl groups is 1. The molecule has 2 amide bonds. The number of aliphatic hydroxyl groups excluding tert-OH is 1. The fourth-order valence-electron chi connectivity index (χ4n) is 4.95. The summed E-state index contributed by atoms with van der Waals surface area (Å²) in [5, 5.41) is 9.74. The average Bonchev–Trinajstić information content (AvgIpc) is 2.96. The highest BCUT2D eigenvalue weighted by atomic mass is 16.6. The van der Waals surface area contributed by atoms with Gasteiger partial charge < -0.3 is 24.4 Å². The van der Waals surface area contributed by atoms with E-state index < -0.39 is 41.6 Å². The number of rotatable bonds is 3. The van der Waals surface area contributed by atoms with Gasteiger partial charge in [-0.15, -0.1) is 0 Å². The Morgan fingerprint density at radius 1 is 1.21 bits per heavy atom. The van der Waals surface area contributed by atoms with E-state index in [4.69, 9.17) is 9.47 Å². The van der Waals surface area contributed by atoms with E-state index in [9.17, 15) is 19.5 Å². The molecule has 1 N–H and O–H groups in total. The Morgan fingerprint density at radius 2 is 1.96 bits per heavy atom. The van der Waals surface area contributed by atoms with E-state index in [1.165, 1.54) is 4.90 Å². The Bertz CT molecular complexity index is 762. The molecular weight excluding hydrogens is 364 g/mol. The number of nitrogens with zero attached hydrogens (tertiary/aromatic N) is 2. The average molecular weight is 390 g/mol. The number of likely N-dealkylation sites (tertiary alicyclic amines) is 1. The predicted octanol–water partition coefficient (Wildman–Crippen LogP) is -0.132. The lowest BCUT2D eigenvalue weighted by Gasteiger charge is -2.38. The smallest absolute Gasteiger partial charge is 0.313 e. The topological polar surface area (TPSA) is 96.4 Å². The molecule has 4 aliphatic heterocycles. The molecule has 28 heavy (non-hydrogen) atoms. The highest BCUT2D eigenvalue weighted by Crippen LogP contribution is 2.53. The normalized spacial score (nSPS) is 38.1. The van der Waals surface area contributed by atoms with Crippen molar-refractivity contribution in [2.75, 3.05) is 19.8 Å². The first-order chi connectivity index (χ1) is 13.3. The minimum Gasteiger partial charge on any atom is -0.461 e. The van der Waals surface area contributed by atoms with Gasteiger partial charge in [0.1, 0.15) is 24.2 Å². The van der Waals surface area contributed by atoms with Gasteiger partial charge in [-0.25, -0.2) is 0 Å². The molecule has 0 aromatic heterocycles. The van der Waals surface area contributed by atoms with Crippen molar-refractivity contribution in [3.63, 3.8) is 0 Å². The highest BCUT2D eigenvalue weighted by molar-refractivity contribution is 5.99. The zero-order chi connectivity index (χ0) is 20.2. The first-order valence-electron chi connectivity index (χ1n) is 9.75. The lowest BCUT2D eigenvalue weighted by Crippen LogP contribution is -2.58. The Kier molecular flexibility index (Phi) is 4.58. The zero-order valence-electron chi connectivity index (χ0n) is 16.3. The quantitative estimate of drug-likeness (QED) is 0.533. The maximum Gasteiger partial charge on any atom is 0.313 e. The Morgan fingerprint density at radius 3 is 2.64 bits per heavy atom. The van der Waals surface area contributed by atoms with E-state index >= 15 is 0 Å². The Labute approximate surface area is 163 Å². The Hall–Kier alpha value is -2.19. The summed E-state index contributed by atoms with van der Waals surface area (Å²) in [6, 6.07) is -1.57. The van der Waals surface area contributed by atoms with Gasteiger partial charge in [0.25, 0.3) is 0 Å². The summed E-state index contributed by atoms with van der Waals surface area (Å²) in [5.74, 6) is -2.75. The monoisotopic (exact) mass is 390 g/mol. The molecular formula is C20H26N2O6. The number of amides is 2. The van der Waals surface area contributed by atoms with E-state index in [1.807, 2.05) is 19.9 Å². The molecule has 1 spiro atoms. The van der Waals surface area contributed by atoms with Crippen molar-refractivity contribution in [3.8, 4) is 0 Å². The molecule has 0 aliphatic carbocycles. The SMILES string of the molecule is CC(C)N1CC=CC23O[C@@H]4C=CCOC(=O)[C@@H]4[C@H]2C(=O)N(C(C)CO)[C@@H]3C1=O. The second-order valence-electron chi connectivity index (χ2n) is 8.16. The largest absolute Gasteiger partial charge is 0.461 e. The van der Waals surface area contributed by atoms with Gasteiger partial charge >= 0.3 is 5.97 Å². The number of carbonyl (C=O) groups excluding carboxylic acids is 3. The number of ether oxygens (including phenoxy) is 2. The molecule has 8 nitrogen and oxygen atoms in total. The van der Waals surface area contributed by atoms with Crippen molar-refractivity contribution >= 4 is 17.8 Å². The minimum atomic E-state index is -1.25. The number of fused-ring (bicyclic) bond motifs is 2. The van der Waals surface area contributed by atoms with Crippen molar-refractivity contribution < 1.29 is 29.0 Å². The summed E-state index contributed by atoms with van der Waals surface area (Å²) in [5.41, 5.74) is -1.25. The summed E-state index contributed by atoms with van der Waals surface area (Å²) in [7, 11) is 0. The van der Waals surface area contributed by atoms with Crippen LogP contribution in [0, 0.1) is 11.8 Å². The van der Waals surface area contributed by atoms with Crippen LogP contribution in [0.5, 0.6) is 0 Å². The zero-order valence-corrected chi connectivity index (χ0v) is 16.3. The van der Waals surface area contributed by atoms with E-state index in [2.05, 4.69) is 0 Å². The third-order valence-corrected chi connectivity index (χ3v) is 6.25. The maximum atomic E-state index is 13.5. The molecule has 0 bridgehead atoms. The lowest BCUT2D eigenvalue weighted by molar-refractivity contribution is -0.155. The van der Waals surface area contributed by atoms with Crippen LogP contribution in [0.1, 0.15) is 20.8 Å². The van der Waals surface area contributed by atoms with Gasteiger partial charge in [0.05, 0.1) is 24.7 Å². The number of esters is 1. The van der Waals surface area contributed by atoms with Crippen LogP contribution in [0.3, 0.4) is 0 Å². The van der Waals surface area contributed by atoms with Crippen LogP contribution in [-0.4, -0.2) is 82.3 Å². The molecule has 0 radical (unpaired) electrons. The lowest BCUT2D eigenvalue weighted by atomic mass is 9.78. The van der Waals surface area contributed by atoms with Crippen LogP contribution in [0.15, 0.2) is 24.3 Å². The number of carbonyl (C=O) groups is 3. The van der Waals surface area contributed by atoms with Gasteiger partial charge in [-0.05, 0) is 26.8 Å². The third kappa shape index (κ3) is 2.47. The van der Waals surface area contributed by atoms with Gasteiger partial charge in [-0.3, -0.25) is 14.4 Å². The maximum absolute atomic E-state index is 13.5. The Balaban J connectivity index is 1.87. The second kappa shape index (κ2) is 6.70. The van der Waals surface area contributed by atoms with Crippen LogP contribution in [-0.2, 0) is 23.9 Å². The van der Waals surface area contributed by atoms with Crippen molar-refractivity contribution in [1.82, 2.24) is 9.80 Å². The van der Waals surface area contributed by atoms with Gasteiger partial charge in [0.2, 0.25) is 11.8 Å². The molecule has 0 aromatic carbocycles. The van der Waals surface area contributed by atoms with Gasteiger partial charge in [-0.1, -0.05) is 18.2 Å². The molecule has 0 saturated carbocycles. The van der Waals surface area contributed by atoms with E-state index in [0.717, 1.165) is 0 Å². The van der Waals surface area contributed by atoms with Crippen molar-refractivity contribution in [2.45, 2.75) is 50.6 Å². The van der Waals surface area contributed by atoms with Crippen LogP contribution in [0.25, 0.3) is 0 Å². The highest BCUT2D eigenvalue weighted by Gasteiger charge is 2.72. The molecule has 0 aromatic rings. The molecule has 4 heterocycles. The minimum absolute atomic E-state index is 0.0653. The van der Waals surface area contributed by atoms with Crippen LogP contribution in [0.4, 0.5) is 0 Å². The molecule has 2 fully saturated rings. The number of hydrogen-bond donors (Lipinski definition) is 1. The van der Waals surface area contributed by atoms with Gasteiger partial charge in [-0.2, -0.15) is 0 Å². The van der Waals surface area contributed by atoms with Crippen molar-refractivity contribution in [2.24, 2.45) is 11.8 Å². The number of hydrogen-bond acceptors (Lipinski definition) is 6. The molecule has 2 unspecified atom stereocenters. The third-order valence-electron chi connectivity index (χ3n) is 6.25. The first-order valence-corrected chi connectivity index (χ1v) is 9.75. The van der Waals surface area contributed by atoms with Gasteiger partial charge in [0, 0.05) is 12.6 Å². The molecule has 152 valence electrons. The molecule has 8 heteroatoms. The summed E-state index contributed by atoms with van der Waals surface area (Å²) >= 11 is 0. The summed E-state index contributed by atoms with van der Waals surface area (Å²) < 4.78 is 11.6. The van der Waals surface area contributed by atoms with Crippen molar-refractivity contribution in [3.05, 3.63) is 24.3 Å². The van der Waals surface area contributed by atoms with Crippen LogP contribution in [0.2, 0.25) is 0 Å². The van der Waals surface area contributed by atoms with Crippen LogP contribution >= 0.6 is 0 Å². The van der Waals surface area contributed by atoms with E-state index in [0.29, 0.717) is 6.54 Å². The fraction of sp³-hybridized carbons (Fsp3) is 0.650. The molecule has 4 rings (SSSR count). The standard InChI is InChI=1S/C20H26N2O6/c1-11(2)21-8-5-7-20-15(14-13(28-20)6-4-9-27-19(14)26)17(24)22(12(3)10-23)16(20)18(21)25/h4-7,11-16,23H,8-10H2,1-3H3/t12?,13-,14+,15+,16-,20?/m1/s1. The van der Waals surface area contributed by atoms with E-state index in [-0.39, 0.29) is 31.1 Å². The predicted molar refractivity (Wildman–Crippen MR) is 97.9 cm³/mol. The number of cyclic esters (lactones) is 1. The first kappa shape index (κ1) is 19.1. The summed E-state index contributed by atoms with van der Waals surface area (Å²) in [6.07, 6.45) is 6.44. The molecule has 4 aliphatic rings. The fourth-order valence-corrected chi connectivity index (χ4v) is 4.95. The molecule has 6 atom stereocenters. The van der Waals surface area contributed by atoms with E-state index in [1.54, 1.807) is 30.1 Å². The van der Waals surface area contributed by atoms with Crippen LogP contribution < -0.4 is 0 Å².